The van der Waals surface area contributed by atoms with Crippen molar-refractivity contribution >= 4 is 34.4 Å². The summed E-state index contributed by atoms with van der Waals surface area (Å²) in [6, 6.07) is 0. The molecule has 0 unspecified atom stereocenters. The van der Waals surface area contributed by atoms with Gasteiger partial charge in [0, 0.05) is 44.2 Å². The van der Waals surface area contributed by atoms with Crippen LogP contribution in [0.15, 0.2) is 11.6 Å². The highest BCUT2D eigenvalue weighted by Gasteiger charge is 2.32. The van der Waals surface area contributed by atoms with E-state index in [0.29, 0.717) is 37.7 Å². The van der Waals surface area contributed by atoms with Crippen molar-refractivity contribution in [2.24, 2.45) is 5.92 Å². The Morgan fingerprint density at radius 1 is 1.18 bits per heavy atom. The Kier molecular flexibility index (Phi) is 6.22. The van der Waals surface area contributed by atoms with E-state index in [2.05, 4.69) is 4.98 Å². The second kappa shape index (κ2) is 8.46. The van der Waals surface area contributed by atoms with Crippen molar-refractivity contribution in [3.05, 3.63) is 11.6 Å². The van der Waals surface area contributed by atoms with Gasteiger partial charge in [-0.05, 0) is 39.5 Å². The molecule has 0 atom stereocenters. The zero-order chi connectivity index (χ0) is 20.3. The number of carbonyl (C=O) groups is 3. The number of amides is 3. The summed E-state index contributed by atoms with van der Waals surface area (Å²) in [6.07, 6.45) is 3.36. The number of aromatic nitrogens is 1. The number of piperazine rings is 1. The van der Waals surface area contributed by atoms with E-state index >= 15 is 0 Å². The third-order valence-corrected chi connectivity index (χ3v) is 5.75. The smallest absolute Gasteiger partial charge is 0.410 e. The van der Waals surface area contributed by atoms with Gasteiger partial charge in [-0.1, -0.05) is 0 Å². The number of nitrogens with zero attached hydrogens (tertiary/aromatic N) is 4. The van der Waals surface area contributed by atoms with Crippen LogP contribution in [0, 0.1) is 5.92 Å². The van der Waals surface area contributed by atoms with Gasteiger partial charge < -0.3 is 14.5 Å². The Morgan fingerprint density at radius 3 is 2.46 bits per heavy atom. The zero-order valence-corrected chi connectivity index (χ0v) is 17.5. The van der Waals surface area contributed by atoms with Gasteiger partial charge in [0.05, 0.1) is 0 Å². The normalized spacial score (nSPS) is 19.1. The molecule has 8 nitrogen and oxygen atoms in total. The fourth-order valence-corrected chi connectivity index (χ4v) is 4.15. The minimum absolute atomic E-state index is 0.0165. The summed E-state index contributed by atoms with van der Waals surface area (Å²) in [5, 5.41) is 2.52. The summed E-state index contributed by atoms with van der Waals surface area (Å²) < 4.78 is 5.41. The van der Waals surface area contributed by atoms with Gasteiger partial charge in [-0.15, -0.1) is 11.3 Å². The van der Waals surface area contributed by atoms with E-state index < -0.39 is 5.60 Å². The molecule has 3 amide bonds. The average Bonchev–Trinajstić information content (AvgIpc) is 3.15. The number of piperidine rings is 1. The number of carbonyl (C=O) groups excluding carboxylic acids is 3. The minimum Gasteiger partial charge on any atom is -0.444 e. The van der Waals surface area contributed by atoms with Crippen LogP contribution in [0.3, 0.4) is 0 Å². The van der Waals surface area contributed by atoms with Crippen LogP contribution >= 0.6 is 11.3 Å². The maximum absolute atomic E-state index is 12.6. The number of ether oxygens (including phenoxy) is 1. The molecule has 2 aliphatic rings. The fourth-order valence-electron chi connectivity index (χ4n) is 3.46. The molecule has 0 N–H and O–H groups in total. The molecule has 9 heteroatoms. The van der Waals surface area contributed by atoms with Crippen LogP contribution in [0.1, 0.15) is 40.0 Å². The lowest BCUT2D eigenvalue weighted by atomic mass is 9.93. The van der Waals surface area contributed by atoms with E-state index in [0.717, 1.165) is 12.8 Å². The predicted octanol–water partition coefficient (Wildman–Crippen LogP) is 2.36. The van der Waals surface area contributed by atoms with Crippen LogP contribution in [0.5, 0.6) is 0 Å². The van der Waals surface area contributed by atoms with Gasteiger partial charge in [0.1, 0.15) is 12.1 Å². The highest BCUT2D eigenvalue weighted by atomic mass is 32.1. The molecular formula is C19H28N4O4S. The van der Waals surface area contributed by atoms with Gasteiger partial charge in [-0.2, -0.15) is 0 Å². The van der Waals surface area contributed by atoms with E-state index in [-0.39, 0.29) is 30.4 Å². The monoisotopic (exact) mass is 408 g/mol. The molecule has 2 fully saturated rings. The number of hydrogen-bond acceptors (Lipinski definition) is 6. The largest absolute Gasteiger partial charge is 0.444 e. The van der Waals surface area contributed by atoms with Crippen LogP contribution in [0.2, 0.25) is 0 Å². The Hall–Kier alpha value is -2.16. The van der Waals surface area contributed by atoms with Crippen molar-refractivity contribution in [3.8, 4) is 0 Å². The lowest BCUT2D eigenvalue weighted by Crippen LogP contribution is -2.52. The first-order valence-electron chi connectivity index (χ1n) is 9.68. The van der Waals surface area contributed by atoms with Gasteiger partial charge in [-0.3, -0.25) is 14.5 Å². The summed E-state index contributed by atoms with van der Waals surface area (Å²) in [5.74, 6) is 0.162. The molecule has 0 spiro atoms. The van der Waals surface area contributed by atoms with Crippen molar-refractivity contribution in [1.82, 2.24) is 14.8 Å². The highest BCUT2D eigenvalue weighted by molar-refractivity contribution is 7.13. The maximum Gasteiger partial charge on any atom is 0.410 e. The van der Waals surface area contributed by atoms with Crippen molar-refractivity contribution < 1.29 is 19.1 Å². The number of thiazole rings is 1. The van der Waals surface area contributed by atoms with Crippen molar-refractivity contribution in [1.29, 1.82) is 0 Å². The van der Waals surface area contributed by atoms with E-state index in [1.165, 1.54) is 11.3 Å². The maximum atomic E-state index is 12.6. The summed E-state index contributed by atoms with van der Waals surface area (Å²) in [4.78, 5) is 46.3. The molecule has 1 aromatic rings. The highest BCUT2D eigenvalue weighted by Crippen LogP contribution is 2.24. The molecule has 28 heavy (non-hydrogen) atoms. The van der Waals surface area contributed by atoms with Crippen molar-refractivity contribution in [2.45, 2.75) is 45.6 Å². The summed E-state index contributed by atoms with van der Waals surface area (Å²) in [7, 11) is 0. The molecular weight excluding hydrogens is 380 g/mol. The second-order valence-corrected chi connectivity index (χ2v) is 9.16. The third-order valence-electron chi connectivity index (χ3n) is 4.95. The first-order valence-corrected chi connectivity index (χ1v) is 10.6. The molecule has 154 valence electrons. The molecule has 3 rings (SSSR count). The van der Waals surface area contributed by atoms with E-state index in [9.17, 15) is 14.4 Å². The zero-order valence-electron chi connectivity index (χ0n) is 16.7. The standard InChI is InChI=1S/C19H28N4O4S/c1-19(2,3)27-18(26)21-7-4-14(5-8-21)12-15(24)22-9-10-23(16(25)13-22)17-20-6-11-28-17/h6,11,14H,4-5,7-10,12-13H2,1-3H3. The van der Waals surface area contributed by atoms with Gasteiger partial charge in [-0.25, -0.2) is 9.78 Å². The van der Waals surface area contributed by atoms with Gasteiger partial charge >= 0.3 is 6.09 Å². The van der Waals surface area contributed by atoms with E-state index in [4.69, 9.17) is 4.74 Å². The second-order valence-electron chi connectivity index (χ2n) is 8.29. The van der Waals surface area contributed by atoms with Crippen LogP contribution in [0.4, 0.5) is 9.93 Å². The predicted molar refractivity (Wildman–Crippen MR) is 106 cm³/mol. The number of hydrogen-bond donors (Lipinski definition) is 0. The molecule has 0 bridgehead atoms. The van der Waals surface area contributed by atoms with Crippen LogP contribution in [-0.2, 0) is 14.3 Å². The van der Waals surface area contributed by atoms with Gasteiger partial charge in [0.25, 0.3) is 0 Å². The van der Waals surface area contributed by atoms with Gasteiger partial charge in [0.2, 0.25) is 11.8 Å². The Labute approximate surface area is 169 Å². The number of likely N-dealkylation sites (tertiary alicyclic amines) is 1. The Morgan fingerprint density at radius 2 is 1.89 bits per heavy atom. The fraction of sp³-hybridized carbons (Fsp3) is 0.684. The SMILES string of the molecule is CC(C)(C)OC(=O)N1CCC(CC(=O)N2CCN(c3nccs3)C(=O)C2)CC1. The first kappa shape index (κ1) is 20.6. The van der Waals surface area contributed by atoms with Crippen molar-refractivity contribution in [3.63, 3.8) is 0 Å². The summed E-state index contributed by atoms with van der Waals surface area (Å²) >= 11 is 1.43. The molecule has 3 heterocycles. The third kappa shape index (κ3) is 5.21. The molecule has 2 saturated heterocycles. The minimum atomic E-state index is -0.503. The van der Waals surface area contributed by atoms with Crippen LogP contribution < -0.4 is 4.90 Å². The molecule has 0 aromatic carbocycles. The Balaban J connectivity index is 1.44. The molecule has 1 aromatic heterocycles. The lowest BCUT2D eigenvalue weighted by molar-refractivity contribution is -0.137. The molecule has 0 saturated carbocycles. The van der Waals surface area contributed by atoms with Crippen molar-refractivity contribution in [2.75, 3.05) is 37.6 Å². The number of rotatable bonds is 3. The molecule has 2 aliphatic heterocycles. The Bertz CT molecular complexity index is 708. The van der Waals surface area contributed by atoms with E-state index in [1.54, 1.807) is 20.9 Å². The lowest BCUT2D eigenvalue weighted by Gasteiger charge is -2.36. The average molecular weight is 409 g/mol. The molecule has 0 radical (unpaired) electrons. The summed E-state index contributed by atoms with van der Waals surface area (Å²) in [6.45, 7) is 7.88. The quantitative estimate of drug-likeness (QED) is 0.767. The van der Waals surface area contributed by atoms with E-state index in [1.807, 2.05) is 26.2 Å². The number of anilines is 1. The summed E-state index contributed by atoms with van der Waals surface area (Å²) in [5.41, 5.74) is -0.503. The van der Waals surface area contributed by atoms with Crippen LogP contribution in [-0.4, -0.2) is 71.0 Å². The van der Waals surface area contributed by atoms with Crippen LogP contribution in [0.25, 0.3) is 0 Å². The molecule has 0 aliphatic carbocycles. The first-order chi connectivity index (χ1) is 13.2. The van der Waals surface area contributed by atoms with Gasteiger partial charge in [0.15, 0.2) is 5.13 Å². The topological polar surface area (TPSA) is 83.1 Å².